The smallest absolute Gasteiger partial charge is 0.271 e. The van der Waals surface area contributed by atoms with Crippen molar-refractivity contribution in [2.24, 2.45) is 4.99 Å². The topological polar surface area (TPSA) is 83.8 Å². The second-order valence-electron chi connectivity index (χ2n) is 9.36. The lowest BCUT2D eigenvalue weighted by atomic mass is 9.95. The molecule has 10 heteroatoms. The maximum Gasteiger partial charge on any atom is 0.271 e. The Labute approximate surface area is 246 Å². The van der Waals surface area contributed by atoms with Crippen LogP contribution in [0, 0.1) is 0 Å². The molecule has 6 rings (SSSR count). The van der Waals surface area contributed by atoms with Crippen molar-refractivity contribution >= 4 is 67.6 Å². The molecule has 200 valence electrons. The van der Waals surface area contributed by atoms with Gasteiger partial charge >= 0.3 is 0 Å². The largest absolute Gasteiger partial charge is 0.322 e. The van der Waals surface area contributed by atoms with Crippen molar-refractivity contribution in [3.05, 3.63) is 124 Å². The molecule has 1 atom stereocenters. The molecule has 3 aromatic carbocycles. The quantitative estimate of drug-likeness (QED) is 0.343. The third-order valence-corrected chi connectivity index (χ3v) is 8.78. The van der Waals surface area contributed by atoms with Gasteiger partial charge in [0, 0.05) is 27.3 Å². The van der Waals surface area contributed by atoms with Gasteiger partial charge in [-0.3, -0.25) is 19.0 Å². The molecular weight excluding hydrogens is 612 g/mol. The summed E-state index contributed by atoms with van der Waals surface area (Å²) in [5.74, 6) is -0.601. The number of para-hydroxylation sites is 1. The highest BCUT2D eigenvalue weighted by Gasteiger charge is 2.36. The Bertz CT molecular complexity index is 1910. The van der Waals surface area contributed by atoms with Gasteiger partial charge in [0.1, 0.15) is 4.53 Å². The summed E-state index contributed by atoms with van der Waals surface area (Å²) in [4.78, 5) is 48.4. The lowest BCUT2D eigenvalue weighted by Crippen LogP contribution is -2.41. The molecule has 0 spiro atoms. The molecule has 0 radical (unpaired) electrons. The molecular formula is C30H22BrClN4O3S. The maximum atomic E-state index is 14.2. The Morgan fingerprint density at radius 3 is 2.50 bits per heavy atom. The molecule has 0 saturated heterocycles. The fourth-order valence-electron chi connectivity index (χ4n) is 5.18. The number of anilines is 2. The fourth-order valence-corrected chi connectivity index (χ4v) is 6.80. The van der Waals surface area contributed by atoms with E-state index in [0.717, 1.165) is 21.5 Å². The van der Waals surface area contributed by atoms with Crippen LogP contribution in [0.25, 0.3) is 5.57 Å². The Kier molecular flexibility index (Phi) is 6.82. The normalized spacial score (nSPS) is 17.4. The minimum absolute atomic E-state index is 0.235. The van der Waals surface area contributed by atoms with Crippen molar-refractivity contribution in [2.45, 2.75) is 19.9 Å². The number of hydrogen-bond donors (Lipinski definition) is 1. The van der Waals surface area contributed by atoms with Crippen LogP contribution in [-0.2, 0) is 9.59 Å². The van der Waals surface area contributed by atoms with E-state index < -0.39 is 6.04 Å². The van der Waals surface area contributed by atoms with Gasteiger partial charge in [0.05, 0.1) is 28.6 Å². The predicted octanol–water partition coefficient (Wildman–Crippen LogP) is 5.03. The first-order valence-electron chi connectivity index (χ1n) is 12.6. The zero-order chi connectivity index (χ0) is 28.1. The molecule has 2 aliphatic rings. The number of thiazole rings is 1. The van der Waals surface area contributed by atoms with E-state index in [1.807, 2.05) is 43.3 Å². The first-order valence-corrected chi connectivity index (χ1v) is 14.6. The number of carbonyl (C=O) groups is 2. The zero-order valence-electron chi connectivity index (χ0n) is 21.4. The van der Waals surface area contributed by atoms with E-state index >= 15 is 0 Å². The van der Waals surface area contributed by atoms with Crippen LogP contribution in [0.3, 0.4) is 0 Å². The molecule has 0 aliphatic carbocycles. The van der Waals surface area contributed by atoms with E-state index in [4.69, 9.17) is 16.6 Å². The fraction of sp³-hybridized carbons (Fsp3) is 0.133. The van der Waals surface area contributed by atoms with Crippen LogP contribution in [0.15, 0.2) is 98.3 Å². The molecule has 0 unspecified atom stereocenters. The molecule has 0 saturated carbocycles. The Balaban J connectivity index is 1.60. The average Bonchev–Trinajstić information content (AvgIpc) is 3.40. The molecule has 1 N–H and O–H groups in total. The van der Waals surface area contributed by atoms with Gasteiger partial charge in [0.15, 0.2) is 4.80 Å². The van der Waals surface area contributed by atoms with E-state index in [0.29, 0.717) is 50.0 Å². The van der Waals surface area contributed by atoms with Crippen LogP contribution in [0.2, 0.25) is 5.02 Å². The summed E-state index contributed by atoms with van der Waals surface area (Å²) in [7, 11) is 0. The number of aromatic nitrogens is 1. The summed E-state index contributed by atoms with van der Waals surface area (Å²) >= 11 is 10.8. The van der Waals surface area contributed by atoms with Gasteiger partial charge in [-0.05, 0) is 61.9 Å². The number of likely N-dealkylation sites (N-methyl/N-ethyl adjacent to an activating group) is 1. The van der Waals surface area contributed by atoms with Crippen LogP contribution >= 0.6 is 38.9 Å². The molecule has 0 bridgehead atoms. The minimum atomic E-state index is -0.771. The number of nitrogens with one attached hydrogen (secondary N) is 1. The van der Waals surface area contributed by atoms with Crippen LogP contribution < -0.4 is 25.1 Å². The second-order valence-corrected chi connectivity index (χ2v) is 11.7. The molecule has 3 heterocycles. The van der Waals surface area contributed by atoms with E-state index in [-0.39, 0.29) is 21.9 Å². The van der Waals surface area contributed by atoms with Crippen LogP contribution in [-0.4, -0.2) is 22.9 Å². The third kappa shape index (κ3) is 4.34. The van der Waals surface area contributed by atoms with Crippen molar-refractivity contribution < 1.29 is 9.59 Å². The Hall–Kier alpha value is -3.79. The highest BCUT2D eigenvalue weighted by Crippen LogP contribution is 2.37. The van der Waals surface area contributed by atoms with Crippen molar-refractivity contribution in [3.8, 4) is 0 Å². The minimum Gasteiger partial charge on any atom is -0.322 e. The summed E-state index contributed by atoms with van der Waals surface area (Å²) in [6.07, 6.45) is 0. The molecule has 4 aromatic rings. The molecule has 2 aliphatic heterocycles. The van der Waals surface area contributed by atoms with Gasteiger partial charge in [0.2, 0.25) is 0 Å². The van der Waals surface area contributed by atoms with Crippen LogP contribution in [0.1, 0.15) is 31.0 Å². The van der Waals surface area contributed by atoms with Crippen molar-refractivity contribution in [1.29, 1.82) is 0 Å². The molecule has 0 fully saturated rings. The number of hydrogen-bond acceptors (Lipinski definition) is 5. The van der Waals surface area contributed by atoms with E-state index in [2.05, 4.69) is 21.2 Å². The number of amides is 2. The van der Waals surface area contributed by atoms with Gasteiger partial charge < -0.3 is 10.2 Å². The highest BCUT2D eigenvalue weighted by atomic mass is 79.9. The average molecular weight is 634 g/mol. The van der Waals surface area contributed by atoms with Crippen LogP contribution in [0.4, 0.5) is 11.4 Å². The van der Waals surface area contributed by atoms with Gasteiger partial charge in [-0.25, -0.2) is 4.99 Å². The zero-order valence-corrected chi connectivity index (χ0v) is 24.6. The van der Waals surface area contributed by atoms with Crippen molar-refractivity contribution in [3.63, 3.8) is 0 Å². The second kappa shape index (κ2) is 10.3. The lowest BCUT2D eigenvalue weighted by molar-refractivity contribution is -0.114. The number of allylic oxidation sites excluding steroid dienone is 1. The first kappa shape index (κ1) is 26.4. The number of nitrogens with zero attached hydrogens (tertiary/aromatic N) is 3. The van der Waals surface area contributed by atoms with Crippen LogP contribution in [0.5, 0.6) is 0 Å². The summed E-state index contributed by atoms with van der Waals surface area (Å²) in [5, 5.41) is 3.47. The van der Waals surface area contributed by atoms with Gasteiger partial charge in [-0.15, -0.1) is 0 Å². The Morgan fingerprint density at radius 1 is 1.07 bits per heavy atom. The summed E-state index contributed by atoms with van der Waals surface area (Å²) < 4.78 is 2.61. The number of benzene rings is 3. The van der Waals surface area contributed by atoms with E-state index in [1.165, 1.54) is 4.57 Å². The summed E-state index contributed by atoms with van der Waals surface area (Å²) in [6.45, 7) is 4.12. The molecule has 2 amide bonds. The van der Waals surface area contributed by atoms with Gasteiger partial charge in [-0.2, -0.15) is 0 Å². The third-order valence-electron chi connectivity index (χ3n) is 6.98. The van der Waals surface area contributed by atoms with E-state index in [1.54, 1.807) is 48.2 Å². The lowest BCUT2D eigenvalue weighted by Gasteiger charge is -2.25. The molecule has 40 heavy (non-hydrogen) atoms. The molecule has 7 nitrogen and oxygen atoms in total. The number of fused-ring (bicyclic) bond motifs is 2. The van der Waals surface area contributed by atoms with E-state index in [9.17, 15) is 14.4 Å². The summed E-state index contributed by atoms with van der Waals surface area (Å²) in [5.41, 5.74) is 3.55. The number of rotatable bonds is 4. The standard InChI is InChI=1S/C30H22BrClN4O3S/c1-3-35-22-14-11-18(31)15-21(22)24(28(35)38)26-29(39)36-25(17-9-12-19(32)13-10-17)23(16(2)33-30(36)40-26)27(37)34-20-7-5-4-6-8-20/h4-15,25H,3H2,1-2H3,(H,34,37)/b26-24+/t25-/m0/s1. The SMILES string of the molecule is CCN1C(=O)/C(=c2/sc3n(c2=O)[C@@H](c2ccc(Cl)cc2)C(C(=O)Nc2ccccc2)=C(C)N=3)c2cc(Br)ccc21. The molecule has 1 aromatic heterocycles. The Morgan fingerprint density at radius 2 is 1.80 bits per heavy atom. The highest BCUT2D eigenvalue weighted by molar-refractivity contribution is 9.10. The maximum absolute atomic E-state index is 14.2. The monoisotopic (exact) mass is 632 g/mol. The van der Waals surface area contributed by atoms with Gasteiger partial charge in [-0.1, -0.05) is 69.2 Å². The number of halogens is 2. The number of carbonyl (C=O) groups excluding carboxylic acids is 2. The van der Waals surface area contributed by atoms with Gasteiger partial charge in [0.25, 0.3) is 17.4 Å². The first-order chi connectivity index (χ1) is 19.3. The predicted molar refractivity (Wildman–Crippen MR) is 161 cm³/mol. The van der Waals surface area contributed by atoms with Crippen molar-refractivity contribution in [2.75, 3.05) is 16.8 Å². The van der Waals surface area contributed by atoms with Crippen molar-refractivity contribution in [1.82, 2.24) is 4.57 Å². The summed E-state index contributed by atoms with van der Waals surface area (Å²) in [6, 6.07) is 21.0.